The minimum absolute atomic E-state index is 0.0382. The van der Waals surface area contributed by atoms with E-state index in [1.807, 2.05) is 12.1 Å². The molecule has 2 aromatic rings. The lowest BCUT2D eigenvalue weighted by molar-refractivity contribution is 0.0993. The molecule has 0 aliphatic carbocycles. The van der Waals surface area contributed by atoms with Crippen molar-refractivity contribution >= 4 is 27.5 Å². The molecule has 0 unspecified atom stereocenters. The van der Waals surface area contributed by atoms with E-state index in [4.69, 9.17) is 0 Å². The molecule has 17 heavy (non-hydrogen) atoms. The van der Waals surface area contributed by atoms with Gasteiger partial charge in [-0.3, -0.25) is 9.78 Å². The van der Waals surface area contributed by atoms with Crippen LogP contribution in [0.2, 0.25) is 0 Å². The third kappa shape index (κ3) is 2.71. The Morgan fingerprint density at radius 3 is 2.29 bits per heavy atom. The van der Waals surface area contributed by atoms with Crippen LogP contribution in [0.1, 0.15) is 10.4 Å². The first-order chi connectivity index (χ1) is 8.18. The monoisotopic (exact) mass is 290 g/mol. The zero-order valence-electron chi connectivity index (χ0n) is 9.30. The largest absolute Gasteiger partial charge is 0.311 e. The van der Waals surface area contributed by atoms with Crippen LogP contribution in [-0.4, -0.2) is 17.9 Å². The number of carbonyl (C=O) groups excluding carboxylic acids is 1. The molecule has 1 aromatic carbocycles. The lowest BCUT2D eigenvalue weighted by atomic mass is 10.2. The second kappa shape index (κ2) is 5.10. The van der Waals surface area contributed by atoms with E-state index in [0.29, 0.717) is 5.56 Å². The van der Waals surface area contributed by atoms with Gasteiger partial charge in [0.1, 0.15) is 0 Å². The van der Waals surface area contributed by atoms with E-state index in [2.05, 4.69) is 20.9 Å². The SMILES string of the molecule is CN(C(=O)c1ccc(Br)cc1)c1ccncc1. The number of hydrogen-bond donors (Lipinski definition) is 0. The summed E-state index contributed by atoms with van der Waals surface area (Å²) >= 11 is 3.34. The molecule has 0 fully saturated rings. The van der Waals surface area contributed by atoms with Crippen molar-refractivity contribution in [3.8, 4) is 0 Å². The molecule has 0 saturated heterocycles. The molecule has 4 heteroatoms. The number of anilines is 1. The maximum Gasteiger partial charge on any atom is 0.258 e. The average molecular weight is 291 g/mol. The van der Waals surface area contributed by atoms with Crippen molar-refractivity contribution in [2.75, 3.05) is 11.9 Å². The molecule has 0 bridgehead atoms. The van der Waals surface area contributed by atoms with Crippen molar-refractivity contribution in [2.45, 2.75) is 0 Å². The number of hydrogen-bond acceptors (Lipinski definition) is 2. The summed E-state index contributed by atoms with van der Waals surface area (Å²) in [7, 11) is 1.75. The fourth-order valence-electron chi connectivity index (χ4n) is 1.47. The standard InChI is InChI=1S/C13H11BrN2O/c1-16(12-6-8-15-9-7-12)13(17)10-2-4-11(14)5-3-10/h2-9H,1H3. The summed E-state index contributed by atoms with van der Waals surface area (Å²) in [5.41, 5.74) is 1.49. The Morgan fingerprint density at radius 1 is 1.12 bits per heavy atom. The maximum absolute atomic E-state index is 12.1. The summed E-state index contributed by atoms with van der Waals surface area (Å²) in [5.74, 6) is -0.0382. The van der Waals surface area contributed by atoms with Crippen molar-refractivity contribution in [1.82, 2.24) is 4.98 Å². The number of halogens is 1. The van der Waals surface area contributed by atoms with Gasteiger partial charge in [0.25, 0.3) is 5.91 Å². The van der Waals surface area contributed by atoms with Gasteiger partial charge in [0.05, 0.1) is 0 Å². The van der Waals surface area contributed by atoms with E-state index in [1.165, 1.54) is 0 Å². The molecule has 3 nitrogen and oxygen atoms in total. The number of pyridine rings is 1. The molecule has 0 spiro atoms. The van der Waals surface area contributed by atoms with Crippen molar-refractivity contribution in [1.29, 1.82) is 0 Å². The molecule has 1 heterocycles. The Morgan fingerprint density at radius 2 is 1.71 bits per heavy atom. The Balaban J connectivity index is 2.23. The van der Waals surface area contributed by atoms with Gasteiger partial charge in [0.15, 0.2) is 0 Å². The highest BCUT2D eigenvalue weighted by Gasteiger charge is 2.12. The van der Waals surface area contributed by atoms with Crippen LogP contribution in [0.3, 0.4) is 0 Å². The third-order valence-electron chi connectivity index (χ3n) is 2.45. The highest BCUT2D eigenvalue weighted by molar-refractivity contribution is 9.10. The number of aromatic nitrogens is 1. The Labute approximate surface area is 108 Å². The van der Waals surface area contributed by atoms with Gasteiger partial charge < -0.3 is 4.90 Å². The van der Waals surface area contributed by atoms with Crippen molar-refractivity contribution in [3.63, 3.8) is 0 Å². The fraction of sp³-hybridized carbons (Fsp3) is 0.0769. The lowest BCUT2D eigenvalue weighted by Gasteiger charge is -2.16. The van der Waals surface area contributed by atoms with Gasteiger partial charge in [-0.2, -0.15) is 0 Å². The Kier molecular flexibility index (Phi) is 3.54. The smallest absolute Gasteiger partial charge is 0.258 e. The van der Waals surface area contributed by atoms with Gasteiger partial charge in [-0.1, -0.05) is 15.9 Å². The van der Waals surface area contributed by atoms with E-state index < -0.39 is 0 Å². The maximum atomic E-state index is 12.1. The molecule has 0 radical (unpaired) electrons. The van der Waals surface area contributed by atoms with Crippen molar-refractivity contribution in [2.24, 2.45) is 0 Å². The number of amides is 1. The van der Waals surface area contributed by atoms with Gasteiger partial charge >= 0.3 is 0 Å². The lowest BCUT2D eigenvalue weighted by Crippen LogP contribution is -2.26. The molecular weight excluding hydrogens is 280 g/mol. The van der Waals surface area contributed by atoms with Gasteiger partial charge in [0.2, 0.25) is 0 Å². The van der Waals surface area contributed by atoms with Crippen LogP contribution in [0.25, 0.3) is 0 Å². The zero-order valence-corrected chi connectivity index (χ0v) is 10.9. The average Bonchev–Trinajstić information content (AvgIpc) is 2.39. The summed E-state index contributed by atoms with van der Waals surface area (Å²) in [4.78, 5) is 17.7. The van der Waals surface area contributed by atoms with Crippen LogP contribution >= 0.6 is 15.9 Å². The predicted octanol–water partition coefficient (Wildman–Crippen LogP) is 3.12. The van der Waals surface area contributed by atoms with Crippen molar-refractivity contribution in [3.05, 3.63) is 58.8 Å². The summed E-state index contributed by atoms with van der Waals surface area (Å²) in [6.07, 6.45) is 3.33. The predicted molar refractivity (Wildman–Crippen MR) is 71.1 cm³/mol. The van der Waals surface area contributed by atoms with Crippen LogP contribution in [-0.2, 0) is 0 Å². The molecule has 0 saturated carbocycles. The first kappa shape index (κ1) is 11.8. The minimum atomic E-state index is -0.0382. The molecular formula is C13H11BrN2O. The van der Waals surface area contributed by atoms with E-state index in [9.17, 15) is 4.79 Å². The van der Waals surface area contributed by atoms with Crippen LogP contribution in [0, 0.1) is 0 Å². The summed E-state index contributed by atoms with van der Waals surface area (Å²) < 4.78 is 0.959. The van der Waals surface area contributed by atoms with E-state index >= 15 is 0 Å². The van der Waals surface area contributed by atoms with Gasteiger partial charge in [-0.15, -0.1) is 0 Å². The topological polar surface area (TPSA) is 33.2 Å². The highest BCUT2D eigenvalue weighted by atomic mass is 79.9. The van der Waals surface area contributed by atoms with E-state index in [0.717, 1.165) is 10.2 Å². The highest BCUT2D eigenvalue weighted by Crippen LogP contribution is 2.16. The molecule has 1 amide bonds. The summed E-state index contributed by atoms with van der Waals surface area (Å²) in [6, 6.07) is 10.9. The number of rotatable bonds is 2. The minimum Gasteiger partial charge on any atom is -0.311 e. The molecule has 1 aromatic heterocycles. The van der Waals surface area contributed by atoms with Crippen LogP contribution in [0.5, 0.6) is 0 Å². The molecule has 0 N–H and O–H groups in total. The Hall–Kier alpha value is -1.68. The first-order valence-corrected chi connectivity index (χ1v) is 5.91. The second-order valence-corrected chi connectivity index (χ2v) is 4.49. The van der Waals surface area contributed by atoms with Gasteiger partial charge in [-0.25, -0.2) is 0 Å². The zero-order chi connectivity index (χ0) is 12.3. The molecule has 0 atom stereocenters. The summed E-state index contributed by atoms with van der Waals surface area (Å²) in [6.45, 7) is 0. The van der Waals surface area contributed by atoms with Crippen LogP contribution in [0.15, 0.2) is 53.3 Å². The number of benzene rings is 1. The van der Waals surface area contributed by atoms with Gasteiger partial charge in [0, 0.05) is 35.2 Å². The van der Waals surface area contributed by atoms with E-state index in [-0.39, 0.29) is 5.91 Å². The number of carbonyl (C=O) groups is 1. The van der Waals surface area contributed by atoms with Gasteiger partial charge in [-0.05, 0) is 36.4 Å². The quantitative estimate of drug-likeness (QED) is 0.851. The normalized spacial score (nSPS) is 10.0. The fourth-order valence-corrected chi connectivity index (χ4v) is 1.74. The number of nitrogens with zero attached hydrogens (tertiary/aromatic N) is 2. The van der Waals surface area contributed by atoms with Crippen LogP contribution < -0.4 is 4.90 Å². The molecule has 86 valence electrons. The Bertz CT molecular complexity index is 511. The third-order valence-corrected chi connectivity index (χ3v) is 2.97. The molecule has 0 aliphatic rings. The van der Waals surface area contributed by atoms with Crippen molar-refractivity contribution < 1.29 is 4.79 Å². The second-order valence-electron chi connectivity index (χ2n) is 3.58. The molecule has 0 aliphatic heterocycles. The van der Waals surface area contributed by atoms with E-state index in [1.54, 1.807) is 48.6 Å². The summed E-state index contributed by atoms with van der Waals surface area (Å²) in [5, 5.41) is 0. The van der Waals surface area contributed by atoms with Crippen LogP contribution in [0.4, 0.5) is 5.69 Å². The first-order valence-electron chi connectivity index (χ1n) is 5.12. The molecule has 2 rings (SSSR count).